The Bertz CT molecular complexity index is 1240. The number of anilines is 1. The van der Waals surface area contributed by atoms with Crippen LogP contribution in [0.1, 0.15) is 11.1 Å². The molecular formula is C19H12N4O2S. The van der Waals surface area contributed by atoms with Crippen molar-refractivity contribution in [1.82, 2.24) is 9.97 Å². The quantitative estimate of drug-likeness (QED) is 0.258. The molecule has 4 rings (SSSR count). The summed E-state index contributed by atoms with van der Waals surface area (Å²) in [5.74, 6) is 0.620. The molecule has 2 heterocycles. The van der Waals surface area contributed by atoms with Crippen LogP contribution in [0.5, 0.6) is 0 Å². The Balaban J connectivity index is 1.78. The molecule has 0 saturated carbocycles. The minimum Gasteiger partial charge on any atom is -0.423 e. The predicted octanol–water partition coefficient (Wildman–Crippen LogP) is 3.48. The van der Waals surface area contributed by atoms with Crippen molar-refractivity contribution in [2.75, 3.05) is 5.73 Å². The van der Waals surface area contributed by atoms with Crippen LogP contribution in [0, 0.1) is 11.3 Å². The third-order valence-corrected chi connectivity index (χ3v) is 4.90. The molecule has 0 aliphatic heterocycles. The van der Waals surface area contributed by atoms with Gasteiger partial charge in [0.05, 0.1) is 6.20 Å². The number of fused-ring (bicyclic) bond motifs is 3. The molecule has 0 saturated heterocycles. The Morgan fingerprint density at radius 1 is 1.23 bits per heavy atom. The smallest absolute Gasteiger partial charge is 0.336 e. The zero-order valence-electron chi connectivity index (χ0n) is 13.5. The van der Waals surface area contributed by atoms with E-state index in [0.29, 0.717) is 16.5 Å². The number of nitrogen functional groups attached to an aromatic ring is 1. The highest BCUT2D eigenvalue weighted by atomic mass is 32.2. The topological polar surface area (TPSA) is 106 Å². The summed E-state index contributed by atoms with van der Waals surface area (Å²) < 4.78 is 5.36. The van der Waals surface area contributed by atoms with Gasteiger partial charge in [0.2, 0.25) is 0 Å². The number of hydrogen-bond donors (Lipinski definition) is 1. The maximum Gasteiger partial charge on any atom is 0.336 e. The Labute approximate surface area is 152 Å². The first-order chi connectivity index (χ1) is 12.7. The molecule has 7 heteroatoms. The van der Waals surface area contributed by atoms with E-state index < -0.39 is 5.63 Å². The largest absolute Gasteiger partial charge is 0.423 e. The van der Waals surface area contributed by atoms with Crippen LogP contribution >= 0.6 is 11.8 Å². The average Bonchev–Trinajstić information content (AvgIpc) is 2.65. The summed E-state index contributed by atoms with van der Waals surface area (Å²) in [5, 5.41) is 12.3. The number of thioether (sulfide) groups is 1. The molecule has 2 aromatic heterocycles. The first-order valence-electron chi connectivity index (χ1n) is 7.75. The Hall–Kier alpha value is -3.37. The van der Waals surface area contributed by atoms with Crippen molar-refractivity contribution in [2.24, 2.45) is 0 Å². The molecule has 0 aliphatic carbocycles. The van der Waals surface area contributed by atoms with Crippen molar-refractivity contribution in [1.29, 1.82) is 5.26 Å². The van der Waals surface area contributed by atoms with Crippen LogP contribution in [-0.4, -0.2) is 9.97 Å². The molecule has 0 atom stereocenters. The fourth-order valence-corrected chi connectivity index (χ4v) is 3.61. The summed E-state index contributed by atoms with van der Waals surface area (Å²) in [4.78, 5) is 20.2. The van der Waals surface area contributed by atoms with Crippen molar-refractivity contribution in [3.63, 3.8) is 0 Å². The van der Waals surface area contributed by atoms with E-state index in [1.165, 1.54) is 24.0 Å². The van der Waals surface area contributed by atoms with E-state index in [2.05, 4.69) is 9.97 Å². The van der Waals surface area contributed by atoms with Gasteiger partial charge in [-0.25, -0.2) is 14.8 Å². The first-order valence-corrected chi connectivity index (χ1v) is 8.74. The maximum atomic E-state index is 11.9. The van der Waals surface area contributed by atoms with Crippen LogP contribution in [0.4, 0.5) is 5.82 Å². The second kappa shape index (κ2) is 6.50. The number of rotatable bonds is 3. The lowest BCUT2D eigenvalue weighted by Gasteiger charge is -2.08. The van der Waals surface area contributed by atoms with Crippen LogP contribution in [0.3, 0.4) is 0 Å². The van der Waals surface area contributed by atoms with Gasteiger partial charge in [-0.2, -0.15) is 5.26 Å². The Morgan fingerprint density at radius 2 is 2.08 bits per heavy atom. The van der Waals surface area contributed by atoms with Gasteiger partial charge in [-0.05, 0) is 22.4 Å². The van der Waals surface area contributed by atoms with Gasteiger partial charge >= 0.3 is 5.63 Å². The highest BCUT2D eigenvalue weighted by Crippen LogP contribution is 2.30. The molecule has 0 spiro atoms. The summed E-state index contributed by atoms with van der Waals surface area (Å²) in [7, 11) is 0. The van der Waals surface area contributed by atoms with Gasteiger partial charge in [-0.15, -0.1) is 0 Å². The fourth-order valence-electron chi connectivity index (χ4n) is 2.81. The summed E-state index contributed by atoms with van der Waals surface area (Å²) in [6.45, 7) is 0. The monoisotopic (exact) mass is 360 g/mol. The van der Waals surface area contributed by atoms with Gasteiger partial charge in [0.15, 0.2) is 5.16 Å². The number of hydrogen-bond acceptors (Lipinski definition) is 7. The molecular weight excluding hydrogens is 348 g/mol. The number of nitrogens with zero attached hydrogens (tertiary/aromatic N) is 3. The minimum absolute atomic E-state index is 0.146. The van der Waals surface area contributed by atoms with Crippen molar-refractivity contribution >= 4 is 39.3 Å². The van der Waals surface area contributed by atoms with Gasteiger partial charge in [-0.1, -0.05) is 42.1 Å². The summed E-state index contributed by atoms with van der Waals surface area (Å²) in [6.07, 6.45) is 1.40. The second-order valence-electron chi connectivity index (χ2n) is 5.60. The van der Waals surface area contributed by atoms with E-state index in [0.717, 1.165) is 21.7 Å². The van der Waals surface area contributed by atoms with Gasteiger partial charge in [0.1, 0.15) is 23.0 Å². The molecule has 6 nitrogen and oxygen atoms in total. The predicted molar refractivity (Wildman–Crippen MR) is 101 cm³/mol. The van der Waals surface area contributed by atoms with Crippen molar-refractivity contribution < 1.29 is 4.42 Å². The molecule has 0 amide bonds. The van der Waals surface area contributed by atoms with Gasteiger partial charge in [-0.3, -0.25) is 0 Å². The number of nitrogens with two attached hydrogens (primary N) is 1. The summed E-state index contributed by atoms with van der Waals surface area (Å²) >= 11 is 1.35. The molecule has 0 unspecified atom stereocenters. The number of benzene rings is 2. The first kappa shape index (κ1) is 16.1. The molecule has 0 fully saturated rings. The van der Waals surface area contributed by atoms with Crippen molar-refractivity contribution in [2.45, 2.75) is 10.9 Å². The van der Waals surface area contributed by atoms with Crippen LogP contribution < -0.4 is 11.4 Å². The van der Waals surface area contributed by atoms with Crippen LogP contribution in [0.25, 0.3) is 21.7 Å². The SMILES string of the molecule is N#Cc1cnc(SCc2cc(=O)oc3ccc4ccccc4c23)nc1N. The lowest BCUT2D eigenvalue weighted by molar-refractivity contribution is 0.560. The number of nitriles is 1. The van der Waals surface area contributed by atoms with E-state index >= 15 is 0 Å². The fraction of sp³-hybridized carbons (Fsp3) is 0.0526. The van der Waals surface area contributed by atoms with E-state index in [9.17, 15) is 4.79 Å². The molecule has 0 bridgehead atoms. The van der Waals surface area contributed by atoms with Crippen LogP contribution in [0.15, 0.2) is 63.0 Å². The molecule has 0 radical (unpaired) electrons. The van der Waals surface area contributed by atoms with Crippen LogP contribution in [0.2, 0.25) is 0 Å². The van der Waals surface area contributed by atoms with Crippen LogP contribution in [-0.2, 0) is 5.75 Å². The molecule has 0 aliphatic rings. The molecule has 2 N–H and O–H groups in total. The highest BCUT2D eigenvalue weighted by molar-refractivity contribution is 7.98. The summed E-state index contributed by atoms with van der Waals surface area (Å²) in [6, 6.07) is 15.1. The second-order valence-corrected chi connectivity index (χ2v) is 6.54. The third kappa shape index (κ3) is 2.87. The standard InChI is InChI=1S/C19H12N4O2S/c20-8-13-9-22-19(23-18(13)21)26-10-12-7-16(24)25-15-6-5-11-3-1-2-4-14(11)17(12)15/h1-7,9H,10H2,(H2,21,22,23). The number of aromatic nitrogens is 2. The van der Waals surface area contributed by atoms with Gasteiger partial charge in [0.25, 0.3) is 0 Å². The third-order valence-electron chi connectivity index (χ3n) is 3.99. The lowest BCUT2D eigenvalue weighted by Crippen LogP contribution is -2.01. The van der Waals surface area contributed by atoms with E-state index in [1.54, 1.807) is 0 Å². The molecule has 2 aromatic carbocycles. The Kier molecular flexibility index (Phi) is 4.03. The average molecular weight is 360 g/mol. The molecule has 126 valence electrons. The van der Waals surface area contributed by atoms with E-state index in [4.69, 9.17) is 15.4 Å². The normalized spacial score (nSPS) is 10.9. The minimum atomic E-state index is -0.399. The van der Waals surface area contributed by atoms with Gasteiger partial charge in [0, 0.05) is 17.2 Å². The lowest BCUT2D eigenvalue weighted by atomic mass is 10.0. The summed E-state index contributed by atoms with van der Waals surface area (Å²) in [5.41, 5.74) is 6.97. The van der Waals surface area contributed by atoms with Gasteiger partial charge < -0.3 is 10.2 Å². The zero-order chi connectivity index (χ0) is 18.1. The zero-order valence-corrected chi connectivity index (χ0v) is 14.3. The van der Waals surface area contributed by atoms with E-state index in [1.807, 2.05) is 42.5 Å². The Morgan fingerprint density at radius 3 is 2.88 bits per heavy atom. The van der Waals surface area contributed by atoms with E-state index in [-0.39, 0.29) is 11.4 Å². The molecule has 26 heavy (non-hydrogen) atoms. The highest BCUT2D eigenvalue weighted by Gasteiger charge is 2.11. The van der Waals surface area contributed by atoms with Crippen molar-refractivity contribution in [3.8, 4) is 6.07 Å². The maximum absolute atomic E-state index is 11.9. The molecule has 4 aromatic rings. The van der Waals surface area contributed by atoms with Crippen molar-refractivity contribution in [3.05, 3.63) is 70.2 Å².